The number of para-hydroxylation sites is 1. The van der Waals surface area contributed by atoms with Gasteiger partial charge in [-0.2, -0.15) is 5.10 Å². The molecule has 6 heteroatoms. The van der Waals surface area contributed by atoms with Gasteiger partial charge >= 0.3 is 0 Å². The molecule has 1 amide bonds. The average Bonchev–Trinajstić information content (AvgIpc) is 2.68. The number of nitrogens with zero attached hydrogens (tertiary/aromatic N) is 4. The average molecular weight is 329 g/mol. The van der Waals surface area contributed by atoms with Crippen molar-refractivity contribution in [3.05, 3.63) is 90.0 Å². The van der Waals surface area contributed by atoms with E-state index in [9.17, 15) is 4.79 Å². The highest BCUT2D eigenvalue weighted by molar-refractivity contribution is 6.00. The van der Waals surface area contributed by atoms with Crippen LogP contribution in [0, 0.1) is 0 Å². The van der Waals surface area contributed by atoms with E-state index < -0.39 is 0 Å². The van der Waals surface area contributed by atoms with E-state index in [0.29, 0.717) is 22.6 Å². The van der Waals surface area contributed by atoms with E-state index >= 15 is 0 Å². The van der Waals surface area contributed by atoms with Gasteiger partial charge in [-0.1, -0.05) is 24.3 Å². The van der Waals surface area contributed by atoms with Crippen LogP contribution in [0.3, 0.4) is 0 Å². The first-order valence-corrected chi connectivity index (χ1v) is 7.61. The smallest absolute Gasteiger partial charge is 0.267 e. The van der Waals surface area contributed by atoms with E-state index in [4.69, 9.17) is 0 Å². The van der Waals surface area contributed by atoms with Crippen LogP contribution in [0.2, 0.25) is 0 Å². The van der Waals surface area contributed by atoms with Crippen LogP contribution in [0.25, 0.3) is 0 Å². The second-order valence-electron chi connectivity index (χ2n) is 4.98. The third-order valence-corrected chi connectivity index (χ3v) is 3.22. The minimum Gasteiger partial charge on any atom is -0.267 e. The number of hydrogen-bond donors (Lipinski definition) is 1. The molecule has 3 rings (SSSR count). The topological polar surface area (TPSA) is 79.6 Å². The van der Waals surface area contributed by atoms with Gasteiger partial charge in [-0.25, -0.2) is 5.43 Å². The number of aliphatic imine (C=N–C) groups is 1. The van der Waals surface area contributed by atoms with Crippen molar-refractivity contribution >= 4 is 24.0 Å². The maximum absolute atomic E-state index is 12.3. The molecule has 2 aromatic heterocycles. The van der Waals surface area contributed by atoms with Gasteiger partial charge in [0.2, 0.25) is 0 Å². The number of nitrogens with one attached hydrogen (secondary N) is 1. The van der Waals surface area contributed by atoms with E-state index in [1.54, 1.807) is 42.9 Å². The number of hydrogen-bond acceptors (Lipinski definition) is 5. The fraction of sp³-hybridized carbons (Fsp3) is 0. The molecule has 0 atom stereocenters. The van der Waals surface area contributed by atoms with Gasteiger partial charge in [0.1, 0.15) is 0 Å². The first-order valence-electron chi connectivity index (χ1n) is 7.61. The minimum absolute atomic E-state index is 0.346. The summed E-state index contributed by atoms with van der Waals surface area (Å²) in [5.74, 6) is -0.346. The summed E-state index contributed by atoms with van der Waals surface area (Å²) in [6.45, 7) is 0. The van der Waals surface area contributed by atoms with Crippen LogP contribution < -0.4 is 5.43 Å². The van der Waals surface area contributed by atoms with Crippen LogP contribution >= 0.6 is 0 Å². The summed E-state index contributed by atoms with van der Waals surface area (Å²) >= 11 is 0. The molecule has 0 spiro atoms. The Labute approximate surface area is 145 Å². The molecule has 2 heterocycles. The van der Waals surface area contributed by atoms with Crippen molar-refractivity contribution in [2.24, 2.45) is 10.1 Å². The molecule has 0 radical (unpaired) electrons. The Hall–Kier alpha value is -3.67. The minimum atomic E-state index is -0.346. The number of hydrazone groups is 1. The Balaban J connectivity index is 1.72. The summed E-state index contributed by atoms with van der Waals surface area (Å²) in [5, 5.41) is 3.93. The van der Waals surface area contributed by atoms with Gasteiger partial charge in [-0.05, 0) is 36.4 Å². The van der Waals surface area contributed by atoms with Crippen molar-refractivity contribution in [3.63, 3.8) is 0 Å². The van der Waals surface area contributed by atoms with E-state index in [-0.39, 0.29) is 5.91 Å². The van der Waals surface area contributed by atoms with E-state index in [1.165, 1.54) is 6.21 Å². The summed E-state index contributed by atoms with van der Waals surface area (Å²) in [7, 11) is 0. The lowest BCUT2D eigenvalue weighted by Crippen LogP contribution is -2.17. The molecule has 3 aromatic rings. The molecule has 25 heavy (non-hydrogen) atoms. The van der Waals surface area contributed by atoms with E-state index in [2.05, 4.69) is 25.5 Å². The third kappa shape index (κ3) is 4.65. The first kappa shape index (κ1) is 16.2. The van der Waals surface area contributed by atoms with Gasteiger partial charge in [0.15, 0.2) is 0 Å². The number of carbonyl (C=O) groups is 1. The van der Waals surface area contributed by atoms with Gasteiger partial charge in [0, 0.05) is 12.4 Å². The summed E-state index contributed by atoms with van der Waals surface area (Å²) in [6.07, 6.45) is 6.44. The molecule has 0 saturated heterocycles. The quantitative estimate of drug-likeness (QED) is 0.577. The monoisotopic (exact) mass is 329 g/mol. The predicted molar refractivity (Wildman–Crippen MR) is 97.2 cm³/mol. The van der Waals surface area contributed by atoms with Crippen LogP contribution in [-0.2, 0) is 0 Å². The van der Waals surface area contributed by atoms with E-state index in [0.717, 1.165) is 0 Å². The van der Waals surface area contributed by atoms with Crippen molar-refractivity contribution in [2.75, 3.05) is 0 Å². The predicted octanol–water partition coefficient (Wildman–Crippen LogP) is 2.99. The summed E-state index contributed by atoms with van der Waals surface area (Å²) in [4.78, 5) is 25.0. The molecule has 0 saturated carbocycles. The normalized spacial score (nSPS) is 11.0. The van der Waals surface area contributed by atoms with Crippen LogP contribution in [0.4, 0.5) is 5.69 Å². The van der Waals surface area contributed by atoms with E-state index in [1.807, 2.05) is 36.4 Å². The van der Waals surface area contributed by atoms with Crippen molar-refractivity contribution < 1.29 is 4.79 Å². The molecule has 0 unspecified atom stereocenters. The van der Waals surface area contributed by atoms with Gasteiger partial charge < -0.3 is 0 Å². The largest absolute Gasteiger partial charge is 0.273 e. The van der Waals surface area contributed by atoms with Gasteiger partial charge in [0.05, 0.1) is 35.1 Å². The summed E-state index contributed by atoms with van der Waals surface area (Å²) in [5.41, 5.74) is 4.82. The number of amides is 1. The van der Waals surface area contributed by atoms with Crippen LogP contribution in [0.5, 0.6) is 0 Å². The molecule has 0 bridgehead atoms. The highest BCUT2D eigenvalue weighted by atomic mass is 16.2. The SMILES string of the molecule is O=C(N/N=C\c1ccccn1)c1ccccc1N=Cc1ccccn1. The zero-order chi connectivity index (χ0) is 17.3. The maximum atomic E-state index is 12.3. The van der Waals surface area contributed by atoms with Crippen molar-refractivity contribution in [2.45, 2.75) is 0 Å². The highest BCUT2D eigenvalue weighted by Gasteiger charge is 2.09. The molecule has 1 aromatic carbocycles. The summed E-state index contributed by atoms with van der Waals surface area (Å²) in [6, 6.07) is 18.0. The maximum Gasteiger partial charge on any atom is 0.273 e. The standard InChI is InChI=1S/C19H15N5O/c25-19(24-23-14-16-8-4-6-12-21-16)17-9-1-2-10-18(17)22-13-15-7-3-5-11-20-15/h1-14H,(H,24,25)/b22-13?,23-14-. The second kappa shape index (κ2) is 8.26. The Bertz CT molecular complexity index is 892. The lowest BCUT2D eigenvalue weighted by atomic mass is 10.1. The Kier molecular flexibility index (Phi) is 5.35. The van der Waals surface area contributed by atoms with Crippen LogP contribution in [0.1, 0.15) is 21.7 Å². The molecular formula is C19H15N5O. The number of carbonyl (C=O) groups excluding carboxylic acids is 1. The molecule has 6 nitrogen and oxygen atoms in total. The van der Waals surface area contributed by atoms with Crippen molar-refractivity contribution in [1.29, 1.82) is 0 Å². The molecule has 0 aliphatic rings. The summed E-state index contributed by atoms with van der Waals surface area (Å²) < 4.78 is 0. The Morgan fingerprint density at radius 2 is 1.48 bits per heavy atom. The van der Waals surface area contributed by atoms with Gasteiger partial charge in [-0.3, -0.25) is 19.8 Å². The number of aromatic nitrogens is 2. The lowest BCUT2D eigenvalue weighted by Gasteiger charge is -2.03. The zero-order valence-corrected chi connectivity index (χ0v) is 13.3. The molecular weight excluding hydrogens is 314 g/mol. The fourth-order valence-electron chi connectivity index (χ4n) is 2.04. The Morgan fingerprint density at radius 1 is 0.840 bits per heavy atom. The number of rotatable bonds is 5. The lowest BCUT2D eigenvalue weighted by molar-refractivity contribution is 0.0956. The zero-order valence-electron chi connectivity index (χ0n) is 13.3. The number of benzene rings is 1. The third-order valence-electron chi connectivity index (χ3n) is 3.22. The van der Waals surface area contributed by atoms with Crippen molar-refractivity contribution in [3.8, 4) is 0 Å². The molecule has 0 aliphatic heterocycles. The van der Waals surface area contributed by atoms with Gasteiger partial charge in [0.25, 0.3) is 5.91 Å². The number of pyridine rings is 2. The fourth-order valence-corrected chi connectivity index (χ4v) is 2.04. The molecule has 122 valence electrons. The Morgan fingerprint density at radius 3 is 2.16 bits per heavy atom. The van der Waals surface area contributed by atoms with Crippen LogP contribution in [0.15, 0.2) is 83.2 Å². The molecule has 0 fully saturated rings. The second-order valence-corrected chi connectivity index (χ2v) is 4.98. The van der Waals surface area contributed by atoms with Crippen LogP contribution in [-0.4, -0.2) is 28.3 Å². The highest BCUT2D eigenvalue weighted by Crippen LogP contribution is 2.18. The van der Waals surface area contributed by atoms with Gasteiger partial charge in [-0.15, -0.1) is 0 Å². The van der Waals surface area contributed by atoms with Crippen molar-refractivity contribution in [1.82, 2.24) is 15.4 Å². The molecule has 1 N–H and O–H groups in total. The molecule has 0 aliphatic carbocycles. The first-order chi connectivity index (χ1) is 12.3.